The van der Waals surface area contributed by atoms with Gasteiger partial charge in [0.25, 0.3) is 0 Å². The normalized spacial score (nSPS) is 20.8. The summed E-state index contributed by atoms with van der Waals surface area (Å²) in [7, 11) is 0. The molecule has 0 spiro atoms. The van der Waals surface area contributed by atoms with Crippen LogP contribution >= 0.6 is 11.6 Å². The molecule has 2 aromatic rings. The molecule has 1 saturated heterocycles. The topological polar surface area (TPSA) is 39.1 Å². The molecule has 0 aliphatic carbocycles. The van der Waals surface area contributed by atoms with Crippen molar-refractivity contribution in [3.63, 3.8) is 0 Å². The second-order valence-corrected chi connectivity index (χ2v) is 5.39. The Balaban J connectivity index is 1.91. The lowest BCUT2D eigenvalue weighted by atomic mass is 10.1. The maximum absolute atomic E-state index is 6.30. The van der Waals surface area contributed by atoms with Crippen LogP contribution in [0.2, 0.25) is 5.02 Å². The highest BCUT2D eigenvalue weighted by atomic mass is 35.5. The highest BCUT2D eigenvalue weighted by Crippen LogP contribution is 2.29. The standard InChI is InChI=1S/C15H18ClN3O/c1-11(12-4-2-3-5-13(12)16)19-10-18-8-14(19)15-9-17-6-7-20-15/h2-5,8,10-11,15,17H,6-7,9H2,1H3. The SMILES string of the molecule is CC(c1ccccc1Cl)n1cncc1C1CNCCO1. The van der Waals surface area contributed by atoms with Crippen LogP contribution in [0.25, 0.3) is 0 Å². The van der Waals surface area contributed by atoms with E-state index >= 15 is 0 Å². The zero-order valence-corrected chi connectivity index (χ0v) is 12.2. The van der Waals surface area contributed by atoms with Gasteiger partial charge >= 0.3 is 0 Å². The summed E-state index contributed by atoms with van der Waals surface area (Å²) >= 11 is 6.30. The Bertz CT molecular complexity index is 578. The number of imidazole rings is 1. The van der Waals surface area contributed by atoms with Crippen LogP contribution in [-0.4, -0.2) is 29.2 Å². The molecule has 2 unspecified atom stereocenters. The molecule has 0 saturated carbocycles. The Labute approximate surface area is 123 Å². The number of hydrogen-bond donors (Lipinski definition) is 1. The molecular weight excluding hydrogens is 274 g/mol. The van der Waals surface area contributed by atoms with Crippen molar-refractivity contribution < 1.29 is 4.74 Å². The third kappa shape index (κ3) is 2.59. The highest BCUT2D eigenvalue weighted by molar-refractivity contribution is 6.31. The maximum Gasteiger partial charge on any atom is 0.111 e. The molecule has 1 aliphatic heterocycles. The van der Waals surface area contributed by atoms with Crippen LogP contribution in [0.4, 0.5) is 0 Å². The number of ether oxygens (including phenoxy) is 1. The molecule has 1 fully saturated rings. The Morgan fingerprint density at radius 3 is 3.05 bits per heavy atom. The van der Waals surface area contributed by atoms with Gasteiger partial charge in [0, 0.05) is 18.1 Å². The van der Waals surface area contributed by atoms with E-state index in [2.05, 4.69) is 27.9 Å². The van der Waals surface area contributed by atoms with Crippen molar-refractivity contribution in [2.75, 3.05) is 19.7 Å². The van der Waals surface area contributed by atoms with Crippen LogP contribution in [0.1, 0.15) is 30.3 Å². The molecule has 5 heteroatoms. The van der Waals surface area contributed by atoms with E-state index in [9.17, 15) is 0 Å². The van der Waals surface area contributed by atoms with Gasteiger partial charge in [0.05, 0.1) is 30.9 Å². The molecule has 1 aromatic heterocycles. The predicted octanol–water partition coefficient (Wildman–Crippen LogP) is 2.81. The number of morpholine rings is 1. The summed E-state index contributed by atoms with van der Waals surface area (Å²) in [6.07, 6.45) is 3.78. The predicted molar refractivity (Wildman–Crippen MR) is 79.1 cm³/mol. The quantitative estimate of drug-likeness (QED) is 0.945. The van der Waals surface area contributed by atoms with Gasteiger partial charge < -0.3 is 14.6 Å². The molecule has 1 aromatic carbocycles. The fourth-order valence-corrected chi connectivity index (χ4v) is 2.90. The Morgan fingerprint density at radius 1 is 1.45 bits per heavy atom. The summed E-state index contributed by atoms with van der Waals surface area (Å²) in [5.41, 5.74) is 2.18. The number of aromatic nitrogens is 2. The largest absolute Gasteiger partial charge is 0.369 e. The number of rotatable bonds is 3. The average molecular weight is 292 g/mol. The van der Waals surface area contributed by atoms with Crippen LogP contribution in [0, 0.1) is 0 Å². The number of hydrogen-bond acceptors (Lipinski definition) is 3. The van der Waals surface area contributed by atoms with Crippen LogP contribution < -0.4 is 5.32 Å². The van der Waals surface area contributed by atoms with E-state index in [-0.39, 0.29) is 12.1 Å². The minimum absolute atomic E-state index is 0.0520. The molecule has 20 heavy (non-hydrogen) atoms. The van der Waals surface area contributed by atoms with Gasteiger partial charge in [-0.05, 0) is 18.6 Å². The third-order valence-electron chi connectivity index (χ3n) is 3.73. The zero-order chi connectivity index (χ0) is 13.9. The Hall–Kier alpha value is -1.36. The van der Waals surface area contributed by atoms with Crippen molar-refractivity contribution in [2.45, 2.75) is 19.1 Å². The third-order valence-corrected chi connectivity index (χ3v) is 4.07. The van der Waals surface area contributed by atoms with Gasteiger partial charge in [-0.1, -0.05) is 29.8 Å². The molecule has 1 aliphatic rings. The molecule has 106 valence electrons. The van der Waals surface area contributed by atoms with E-state index in [0.717, 1.165) is 36.0 Å². The van der Waals surface area contributed by atoms with Crippen LogP contribution in [0.15, 0.2) is 36.8 Å². The van der Waals surface area contributed by atoms with E-state index in [1.54, 1.807) is 0 Å². The van der Waals surface area contributed by atoms with E-state index in [1.165, 1.54) is 0 Å². The van der Waals surface area contributed by atoms with Crippen LogP contribution in [0.3, 0.4) is 0 Å². The van der Waals surface area contributed by atoms with E-state index in [4.69, 9.17) is 16.3 Å². The summed E-state index contributed by atoms with van der Waals surface area (Å²) in [5.74, 6) is 0. The maximum atomic E-state index is 6.30. The average Bonchev–Trinajstić information content (AvgIpc) is 2.97. The summed E-state index contributed by atoms with van der Waals surface area (Å²) in [5, 5.41) is 4.13. The molecule has 0 radical (unpaired) electrons. The molecule has 4 nitrogen and oxygen atoms in total. The lowest BCUT2D eigenvalue weighted by Gasteiger charge is -2.26. The summed E-state index contributed by atoms with van der Waals surface area (Å²) < 4.78 is 7.96. The number of nitrogens with one attached hydrogen (secondary N) is 1. The fourth-order valence-electron chi connectivity index (χ4n) is 2.61. The van der Waals surface area contributed by atoms with Crippen LogP contribution in [0.5, 0.6) is 0 Å². The van der Waals surface area contributed by atoms with E-state index in [0.29, 0.717) is 0 Å². The van der Waals surface area contributed by atoms with Gasteiger partial charge in [0.1, 0.15) is 6.10 Å². The minimum atomic E-state index is 0.0520. The van der Waals surface area contributed by atoms with Gasteiger partial charge in [-0.15, -0.1) is 0 Å². The van der Waals surface area contributed by atoms with Gasteiger partial charge in [-0.2, -0.15) is 0 Å². The first-order valence-electron chi connectivity index (χ1n) is 6.86. The fraction of sp³-hybridized carbons (Fsp3) is 0.400. The Morgan fingerprint density at radius 2 is 2.30 bits per heavy atom. The monoisotopic (exact) mass is 291 g/mol. The summed E-state index contributed by atoms with van der Waals surface area (Å²) in [6, 6.07) is 8.06. The van der Waals surface area contributed by atoms with Crippen molar-refractivity contribution in [3.05, 3.63) is 53.1 Å². The number of benzene rings is 1. The first-order chi connectivity index (χ1) is 9.77. The molecule has 1 N–H and O–H groups in total. The minimum Gasteiger partial charge on any atom is -0.369 e. The van der Waals surface area contributed by atoms with Crippen molar-refractivity contribution >= 4 is 11.6 Å². The number of halogens is 1. The van der Waals surface area contributed by atoms with Crippen molar-refractivity contribution in [3.8, 4) is 0 Å². The van der Waals surface area contributed by atoms with Crippen molar-refractivity contribution in [1.82, 2.24) is 14.9 Å². The molecule has 0 amide bonds. The molecule has 3 rings (SSSR count). The molecular formula is C15H18ClN3O. The van der Waals surface area contributed by atoms with E-state index in [1.807, 2.05) is 30.7 Å². The lowest BCUT2D eigenvalue weighted by Crippen LogP contribution is -2.34. The molecule has 2 atom stereocenters. The molecule has 2 heterocycles. The zero-order valence-electron chi connectivity index (χ0n) is 11.4. The summed E-state index contributed by atoms with van der Waals surface area (Å²) in [6.45, 7) is 4.59. The van der Waals surface area contributed by atoms with Crippen molar-refractivity contribution in [2.24, 2.45) is 0 Å². The first kappa shape index (κ1) is 13.6. The van der Waals surface area contributed by atoms with Gasteiger partial charge in [0.2, 0.25) is 0 Å². The van der Waals surface area contributed by atoms with Crippen molar-refractivity contribution in [1.29, 1.82) is 0 Å². The lowest BCUT2D eigenvalue weighted by molar-refractivity contribution is 0.0224. The molecule has 0 bridgehead atoms. The second kappa shape index (κ2) is 5.95. The number of nitrogens with zero attached hydrogens (tertiary/aromatic N) is 2. The second-order valence-electron chi connectivity index (χ2n) is 4.99. The summed E-state index contributed by atoms with van der Waals surface area (Å²) in [4.78, 5) is 4.29. The van der Waals surface area contributed by atoms with E-state index < -0.39 is 0 Å². The van der Waals surface area contributed by atoms with Gasteiger partial charge in [-0.3, -0.25) is 0 Å². The first-order valence-corrected chi connectivity index (χ1v) is 7.23. The highest BCUT2D eigenvalue weighted by Gasteiger charge is 2.22. The smallest absolute Gasteiger partial charge is 0.111 e. The van der Waals surface area contributed by atoms with Crippen LogP contribution in [-0.2, 0) is 4.74 Å². The van der Waals surface area contributed by atoms with Gasteiger partial charge in [0.15, 0.2) is 0 Å². The van der Waals surface area contributed by atoms with Gasteiger partial charge in [-0.25, -0.2) is 4.98 Å². The Kier molecular flexibility index (Phi) is 4.05.